The second-order valence-corrected chi connectivity index (χ2v) is 8.35. The molecule has 0 atom stereocenters. The number of piperidine rings is 1. The van der Waals surface area contributed by atoms with Crippen LogP contribution in [0.25, 0.3) is 0 Å². The van der Waals surface area contributed by atoms with Gasteiger partial charge in [0.25, 0.3) is 0 Å². The molecule has 6 heteroatoms. The van der Waals surface area contributed by atoms with Crippen molar-refractivity contribution in [1.82, 2.24) is 4.31 Å². The fourth-order valence-corrected chi connectivity index (χ4v) is 4.60. The minimum Gasteiger partial charge on any atom is -0.326 e. The Bertz CT molecular complexity index is 608. The molecule has 0 saturated carbocycles. The lowest BCUT2D eigenvalue weighted by atomic mass is 9.79. The fraction of sp³-hybridized carbons (Fsp3) is 0.600. The molecule has 0 spiro atoms. The summed E-state index contributed by atoms with van der Waals surface area (Å²) < 4.78 is 27.1. The van der Waals surface area contributed by atoms with E-state index < -0.39 is 10.0 Å². The summed E-state index contributed by atoms with van der Waals surface area (Å²) in [6, 6.07) is 4.95. The van der Waals surface area contributed by atoms with E-state index in [1.54, 1.807) is 22.5 Å². The van der Waals surface area contributed by atoms with Crippen molar-refractivity contribution in [3.63, 3.8) is 0 Å². The van der Waals surface area contributed by atoms with Crippen LogP contribution in [0, 0.1) is 5.41 Å². The van der Waals surface area contributed by atoms with E-state index in [1.807, 2.05) is 0 Å². The Kier molecular flexibility index (Phi) is 4.98. The lowest BCUT2D eigenvalue weighted by molar-refractivity contribution is 0.169. The van der Waals surface area contributed by atoms with E-state index in [0.29, 0.717) is 19.6 Å². The zero-order valence-electron chi connectivity index (χ0n) is 12.6. The minimum atomic E-state index is -3.54. The lowest BCUT2D eigenvalue weighted by Crippen LogP contribution is -2.42. The monoisotopic (exact) mass is 330 g/mol. The maximum Gasteiger partial charge on any atom is 0.244 e. The van der Waals surface area contributed by atoms with E-state index in [9.17, 15) is 8.42 Å². The number of halogens is 1. The van der Waals surface area contributed by atoms with Crippen LogP contribution < -0.4 is 5.73 Å². The summed E-state index contributed by atoms with van der Waals surface area (Å²) >= 11 is 6.09. The number of benzene rings is 1. The third-order valence-corrected chi connectivity index (χ3v) is 7.01. The molecule has 0 aromatic heterocycles. The van der Waals surface area contributed by atoms with Crippen LogP contribution in [0.5, 0.6) is 0 Å². The first-order valence-electron chi connectivity index (χ1n) is 7.31. The van der Waals surface area contributed by atoms with Gasteiger partial charge < -0.3 is 5.73 Å². The lowest BCUT2D eigenvalue weighted by Gasteiger charge is -2.38. The van der Waals surface area contributed by atoms with Crippen LogP contribution in [0.4, 0.5) is 0 Å². The van der Waals surface area contributed by atoms with Crippen molar-refractivity contribution in [2.75, 3.05) is 13.1 Å². The number of nitrogens with two attached hydrogens (primary N) is 1. The molecule has 21 heavy (non-hydrogen) atoms. The Morgan fingerprint density at radius 1 is 1.33 bits per heavy atom. The van der Waals surface area contributed by atoms with E-state index in [-0.39, 0.29) is 15.3 Å². The second kappa shape index (κ2) is 6.24. The molecule has 0 unspecified atom stereocenters. The van der Waals surface area contributed by atoms with Gasteiger partial charge >= 0.3 is 0 Å². The Morgan fingerprint density at radius 2 is 1.95 bits per heavy atom. The number of hydrogen-bond donors (Lipinski definition) is 1. The van der Waals surface area contributed by atoms with Gasteiger partial charge in [0.2, 0.25) is 10.0 Å². The van der Waals surface area contributed by atoms with Crippen molar-refractivity contribution in [2.24, 2.45) is 11.1 Å². The minimum absolute atomic E-state index is 0.173. The highest BCUT2D eigenvalue weighted by molar-refractivity contribution is 7.89. The molecule has 0 bridgehead atoms. The summed E-state index contributed by atoms with van der Waals surface area (Å²) in [6.07, 6.45) is 2.85. The number of sulfonamides is 1. The van der Waals surface area contributed by atoms with Crippen LogP contribution in [0.15, 0.2) is 23.1 Å². The first kappa shape index (κ1) is 16.7. The number of rotatable bonds is 4. The fourth-order valence-electron chi connectivity index (χ4n) is 2.63. The van der Waals surface area contributed by atoms with E-state index in [2.05, 4.69) is 13.8 Å². The topological polar surface area (TPSA) is 63.4 Å². The van der Waals surface area contributed by atoms with Crippen LogP contribution in [0.1, 0.15) is 38.7 Å². The molecule has 1 aromatic carbocycles. The first-order valence-corrected chi connectivity index (χ1v) is 9.13. The van der Waals surface area contributed by atoms with Gasteiger partial charge in [0.1, 0.15) is 4.90 Å². The summed E-state index contributed by atoms with van der Waals surface area (Å²) in [5, 5.41) is 0.260. The average molecular weight is 331 g/mol. The highest BCUT2D eigenvalue weighted by Crippen LogP contribution is 2.36. The van der Waals surface area contributed by atoms with Gasteiger partial charge in [-0.25, -0.2) is 8.42 Å². The quantitative estimate of drug-likeness (QED) is 0.923. The van der Waals surface area contributed by atoms with Gasteiger partial charge in [-0.05, 0) is 36.0 Å². The molecule has 2 N–H and O–H groups in total. The molecule has 0 aliphatic carbocycles. The standard InChI is InChI=1S/C15H23ClN2O2S/c1-3-15(2)6-8-18(9-7-15)21(19,20)14-10-12(11-17)4-5-13(14)16/h4-5,10H,3,6-9,11,17H2,1-2H3. The summed E-state index contributed by atoms with van der Waals surface area (Å²) in [5.74, 6) is 0. The molecule has 1 saturated heterocycles. The third kappa shape index (κ3) is 3.42. The third-order valence-electron chi connectivity index (χ3n) is 4.63. The van der Waals surface area contributed by atoms with Crippen LogP contribution in [-0.2, 0) is 16.6 Å². The molecule has 1 aromatic rings. The summed E-state index contributed by atoms with van der Waals surface area (Å²) in [4.78, 5) is 0.173. The maximum atomic E-state index is 12.8. The van der Waals surface area contributed by atoms with Gasteiger partial charge in [0.15, 0.2) is 0 Å². The Hall–Kier alpha value is -0.620. The normalized spacial score (nSPS) is 19.6. The van der Waals surface area contributed by atoms with Crippen molar-refractivity contribution >= 4 is 21.6 Å². The van der Waals surface area contributed by atoms with E-state index in [0.717, 1.165) is 24.8 Å². The molecule has 1 aliphatic rings. The van der Waals surface area contributed by atoms with Gasteiger partial charge in [-0.2, -0.15) is 4.31 Å². The van der Waals surface area contributed by atoms with Crippen LogP contribution in [-0.4, -0.2) is 25.8 Å². The van der Waals surface area contributed by atoms with Gasteiger partial charge in [-0.15, -0.1) is 0 Å². The molecule has 2 rings (SSSR count). The predicted molar refractivity (Wildman–Crippen MR) is 85.7 cm³/mol. The van der Waals surface area contributed by atoms with Crippen molar-refractivity contribution in [3.8, 4) is 0 Å². The van der Waals surface area contributed by atoms with Gasteiger partial charge in [0, 0.05) is 19.6 Å². The SMILES string of the molecule is CCC1(C)CCN(S(=O)(=O)c2cc(CN)ccc2Cl)CC1. The largest absolute Gasteiger partial charge is 0.326 e. The highest BCUT2D eigenvalue weighted by atomic mass is 35.5. The second-order valence-electron chi connectivity index (χ2n) is 6.04. The van der Waals surface area contributed by atoms with Crippen molar-refractivity contribution in [3.05, 3.63) is 28.8 Å². The predicted octanol–water partition coefficient (Wildman–Crippen LogP) is 3.00. The van der Waals surface area contributed by atoms with E-state index in [4.69, 9.17) is 17.3 Å². The molecule has 0 radical (unpaired) electrons. The molecular weight excluding hydrogens is 308 g/mol. The highest BCUT2D eigenvalue weighted by Gasteiger charge is 2.35. The zero-order chi connectivity index (χ0) is 15.7. The van der Waals surface area contributed by atoms with Crippen LogP contribution >= 0.6 is 11.6 Å². The molecule has 1 fully saturated rings. The Balaban J connectivity index is 2.27. The number of hydrogen-bond acceptors (Lipinski definition) is 3. The van der Waals surface area contributed by atoms with Gasteiger partial charge in [-0.1, -0.05) is 37.9 Å². The number of nitrogens with zero attached hydrogens (tertiary/aromatic N) is 1. The molecule has 1 aliphatic heterocycles. The van der Waals surface area contributed by atoms with Gasteiger partial charge in [-0.3, -0.25) is 0 Å². The van der Waals surface area contributed by atoms with Gasteiger partial charge in [0.05, 0.1) is 5.02 Å². The van der Waals surface area contributed by atoms with E-state index in [1.165, 1.54) is 0 Å². The van der Waals surface area contributed by atoms with Crippen LogP contribution in [0.3, 0.4) is 0 Å². The average Bonchev–Trinajstić information content (AvgIpc) is 2.48. The smallest absolute Gasteiger partial charge is 0.244 e. The zero-order valence-corrected chi connectivity index (χ0v) is 14.2. The summed E-state index contributed by atoms with van der Waals surface area (Å²) in [7, 11) is -3.54. The van der Waals surface area contributed by atoms with Crippen LogP contribution in [0.2, 0.25) is 5.02 Å². The molecular formula is C15H23ClN2O2S. The van der Waals surface area contributed by atoms with Crippen molar-refractivity contribution < 1.29 is 8.42 Å². The first-order chi connectivity index (χ1) is 9.82. The Morgan fingerprint density at radius 3 is 2.48 bits per heavy atom. The summed E-state index contributed by atoms with van der Waals surface area (Å²) in [6.45, 7) is 5.78. The maximum absolute atomic E-state index is 12.8. The van der Waals surface area contributed by atoms with E-state index >= 15 is 0 Å². The van der Waals surface area contributed by atoms with Crippen molar-refractivity contribution in [2.45, 2.75) is 44.6 Å². The Labute approximate surface area is 132 Å². The molecule has 118 valence electrons. The molecule has 0 amide bonds. The molecule has 1 heterocycles. The summed E-state index contributed by atoms with van der Waals surface area (Å²) in [5.41, 5.74) is 6.61. The molecule has 4 nitrogen and oxygen atoms in total. The van der Waals surface area contributed by atoms with Crippen molar-refractivity contribution in [1.29, 1.82) is 0 Å².